The second-order valence-electron chi connectivity index (χ2n) is 6.86. The highest BCUT2D eigenvalue weighted by molar-refractivity contribution is 5.21. The second-order valence-corrected chi connectivity index (χ2v) is 6.86. The minimum atomic E-state index is -0.923. The summed E-state index contributed by atoms with van der Waals surface area (Å²) in [5.41, 5.74) is 0.173. The van der Waals surface area contributed by atoms with Crippen LogP contribution in [0.3, 0.4) is 0 Å². The van der Waals surface area contributed by atoms with Crippen molar-refractivity contribution < 1.29 is 18.6 Å². The summed E-state index contributed by atoms with van der Waals surface area (Å²) in [6.45, 7) is 6.86. The third-order valence-corrected chi connectivity index (χ3v) is 4.98. The smallest absolute Gasteiger partial charge is 0.131 e. The van der Waals surface area contributed by atoms with Crippen LogP contribution >= 0.6 is 0 Å². The van der Waals surface area contributed by atoms with Gasteiger partial charge in [0.15, 0.2) is 0 Å². The molecule has 0 aliphatic carbocycles. The van der Waals surface area contributed by atoms with Gasteiger partial charge in [0.25, 0.3) is 0 Å². The lowest BCUT2D eigenvalue weighted by molar-refractivity contribution is 0.0186. The molecule has 1 aromatic rings. The molecule has 0 aromatic heterocycles. The molecule has 0 amide bonds. The molecular weight excluding hydrogens is 314 g/mol. The number of likely N-dealkylation sites (tertiary alicyclic amines) is 1. The van der Waals surface area contributed by atoms with Gasteiger partial charge in [-0.2, -0.15) is 0 Å². The molecule has 2 saturated heterocycles. The van der Waals surface area contributed by atoms with E-state index in [4.69, 9.17) is 4.74 Å². The summed E-state index contributed by atoms with van der Waals surface area (Å²) in [7, 11) is 0. The van der Waals surface area contributed by atoms with Crippen LogP contribution < -0.4 is 0 Å². The predicted molar refractivity (Wildman–Crippen MR) is 87.7 cm³/mol. The first-order chi connectivity index (χ1) is 11.6. The lowest BCUT2D eigenvalue weighted by Crippen LogP contribution is -2.45. The second kappa shape index (κ2) is 8.34. The molecule has 0 spiro atoms. The predicted octanol–water partition coefficient (Wildman–Crippen LogP) is 2.04. The Bertz CT molecular complexity index is 538. The standard InChI is InChI=1S/C18H26F2N2O2/c19-15-3-4-16(17(20)10-15)18(23)13-22-5-1-2-14(12-22)11-21-6-8-24-9-7-21/h3-4,10,14,18,23H,1-2,5-9,11-13H2. The Kier molecular flexibility index (Phi) is 6.16. The van der Waals surface area contributed by atoms with Crippen LogP contribution in [0.15, 0.2) is 18.2 Å². The molecule has 2 aliphatic rings. The summed E-state index contributed by atoms with van der Waals surface area (Å²) in [5, 5.41) is 10.3. The topological polar surface area (TPSA) is 35.9 Å². The normalized spacial score (nSPS) is 24.9. The van der Waals surface area contributed by atoms with E-state index in [0.717, 1.165) is 58.4 Å². The van der Waals surface area contributed by atoms with E-state index in [2.05, 4.69) is 9.80 Å². The van der Waals surface area contributed by atoms with E-state index >= 15 is 0 Å². The number of aliphatic hydroxyl groups excluding tert-OH is 1. The highest BCUT2D eigenvalue weighted by atomic mass is 19.1. The molecule has 4 nitrogen and oxygen atoms in total. The highest BCUT2D eigenvalue weighted by Crippen LogP contribution is 2.23. The third kappa shape index (κ3) is 4.72. The van der Waals surface area contributed by atoms with Crippen LogP contribution in [0.4, 0.5) is 8.78 Å². The van der Waals surface area contributed by atoms with Crippen molar-refractivity contribution in [3.8, 4) is 0 Å². The van der Waals surface area contributed by atoms with Crippen LogP contribution in [0.1, 0.15) is 24.5 Å². The summed E-state index contributed by atoms with van der Waals surface area (Å²) in [6, 6.07) is 3.36. The van der Waals surface area contributed by atoms with Crippen LogP contribution in [0, 0.1) is 17.6 Å². The molecule has 0 saturated carbocycles. The van der Waals surface area contributed by atoms with Gasteiger partial charge in [0.1, 0.15) is 11.6 Å². The van der Waals surface area contributed by atoms with Gasteiger partial charge in [0.05, 0.1) is 19.3 Å². The van der Waals surface area contributed by atoms with E-state index in [0.29, 0.717) is 12.5 Å². The number of benzene rings is 1. The Hall–Kier alpha value is -1.08. The number of hydrogen-bond acceptors (Lipinski definition) is 4. The zero-order chi connectivity index (χ0) is 16.9. The fourth-order valence-electron chi connectivity index (χ4n) is 3.73. The van der Waals surface area contributed by atoms with Gasteiger partial charge in [-0.3, -0.25) is 4.90 Å². The maximum absolute atomic E-state index is 13.8. The van der Waals surface area contributed by atoms with Gasteiger partial charge in [-0.25, -0.2) is 8.78 Å². The third-order valence-electron chi connectivity index (χ3n) is 4.98. The van der Waals surface area contributed by atoms with Gasteiger partial charge < -0.3 is 14.7 Å². The lowest BCUT2D eigenvalue weighted by Gasteiger charge is -2.37. The van der Waals surface area contributed by atoms with E-state index in [1.807, 2.05) is 0 Å². The van der Waals surface area contributed by atoms with Gasteiger partial charge in [-0.1, -0.05) is 6.07 Å². The molecule has 2 aliphatic heterocycles. The van der Waals surface area contributed by atoms with Crippen molar-refractivity contribution in [2.45, 2.75) is 18.9 Å². The van der Waals surface area contributed by atoms with E-state index in [1.54, 1.807) is 0 Å². The largest absolute Gasteiger partial charge is 0.387 e. The number of halogens is 2. The Balaban J connectivity index is 1.52. The highest BCUT2D eigenvalue weighted by Gasteiger charge is 2.25. The molecule has 2 heterocycles. The maximum Gasteiger partial charge on any atom is 0.131 e. The number of β-amino-alcohol motifs (C(OH)–C–C–N with tert-alkyl or cyclic N) is 1. The van der Waals surface area contributed by atoms with Crippen molar-refractivity contribution in [3.05, 3.63) is 35.4 Å². The average Bonchev–Trinajstić information content (AvgIpc) is 2.56. The summed E-state index contributed by atoms with van der Waals surface area (Å²) < 4.78 is 32.2. The quantitative estimate of drug-likeness (QED) is 0.890. The minimum absolute atomic E-state index is 0.173. The summed E-state index contributed by atoms with van der Waals surface area (Å²) in [5.74, 6) is -0.724. The van der Waals surface area contributed by atoms with Gasteiger partial charge in [0, 0.05) is 44.4 Å². The molecule has 1 aromatic carbocycles. The van der Waals surface area contributed by atoms with Crippen molar-refractivity contribution >= 4 is 0 Å². The zero-order valence-corrected chi connectivity index (χ0v) is 14.0. The first kappa shape index (κ1) is 17.7. The summed E-state index contributed by atoms with van der Waals surface area (Å²) >= 11 is 0. The summed E-state index contributed by atoms with van der Waals surface area (Å²) in [6.07, 6.45) is 1.36. The van der Waals surface area contributed by atoms with Crippen LogP contribution in [-0.4, -0.2) is 67.4 Å². The number of aliphatic hydroxyl groups is 1. The Morgan fingerprint density at radius 3 is 2.71 bits per heavy atom. The van der Waals surface area contributed by atoms with E-state index < -0.39 is 17.7 Å². The Morgan fingerprint density at radius 2 is 1.96 bits per heavy atom. The van der Waals surface area contributed by atoms with Crippen LogP contribution in [-0.2, 0) is 4.74 Å². The average molecular weight is 340 g/mol. The fourth-order valence-corrected chi connectivity index (χ4v) is 3.73. The molecule has 2 atom stereocenters. The van der Waals surface area contributed by atoms with Crippen LogP contribution in [0.5, 0.6) is 0 Å². The molecule has 2 fully saturated rings. The van der Waals surface area contributed by atoms with Gasteiger partial charge in [0.2, 0.25) is 0 Å². The Labute approximate surface area is 142 Å². The van der Waals surface area contributed by atoms with Gasteiger partial charge >= 0.3 is 0 Å². The number of rotatable bonds is 5. The number of morpholine rings is 1. The molecule has 1 N–H and O–H groups in total. The first-order valence-electron chi connectivity index (χ1n) is 8.77. The molecule has 0 radical (unpaired) electrons. The lowest BCUT2D eigenvalue weighted by atomic mass is 9.96. The summed E-state index contributed by atoms with van der Waals surface area (Å²) in [4.78, 5) is 4.63. The molecular formula is C18H26F2N2O2. The molecule has 24 heavy (non-hydrogen) atoms. The van der Waals surface area contributed by atoms with Gasteiger partial charge in [-0.15, -0.1) is 0 Å². The Morgan fingerprint density at radius 1 is 1.17 bits per heavy atom. The monoisotopic (exact) mass is 340 g/mol. The van der Waals surface area contributed by atoms with Crippen molar-refractivity contribution in [2.75, 3.05) is 52.5 Å². The van der Waals surface area contributed by atoms with E-state index in [9.17, 15) is 13.9 Å². The maximum atomic E-state index is 13.8. The molecule has 3 rings (SSSR count). The zero-order valence-electron chi connectivity index (χ0n) is 14.0. The van der Waals surface area contributed by atoms with Crippen molar-refractivity contribution in [1.82, 2.24) is 9.80 Å². The fraction of sp³-hybridized carbons (Fsp3) is 0.667. The van der Waals surface area contributed by atoms with Crippen molar-refractivity contribution in [2.24, 2.45) is 5.92 Å². The van der Waals surface area contributed by atoms with E-state index in [1.165, 1.54) is 18.6 Å². The van der Waals surface area contributed by atoms with Crippen LogP contribution in [0.2, 0.25) is 0 Å². The number of piperidine rings is 1. The van der Waals surface area contributed by atoms with Crippen molar-refractivity contribution in [3.63, 3.8) is 0 Å². The number of nitrogens with zero attached hydrogens (tertiary/aromatic N) is 2. The molecule has 2 unspecified atom stereocenters. The van der Waals surface area contributed by atoms with Crippen molar-refractivity contribution in [1.29, 1.82) is 0 Å². The van der Waals surface area contributed by atoms with E-state index in [-0.39, 0.29) is 5.56 Å². The first-order valence-corrected chi connectivity index (χ1v) is 8.77. The molecule has 134 valence electrons. The molecule has 6 heteroatoms. The van der Waals surface area contributed by atoms with Crippen LogP contribution in [0.25, 0.3) is 0 Å². The number of ether oxygens (including phenoxy) is 1. The molecule has 0 bridgehead atoms. The minimum Gasteiger partial charge on any atom is -0.387 e. The van der Waals surface area contributed by atoms with Gasteiger partial charge in [-0.05, 0) is 31.4 Å². The SMILES string of the molecule is OC(CN1CCCC(CN2CCOCC2)C1)c1ccc(F)cc1F. The number of hydrogen-bond donors (Lipinski definition) is 1.